The summed E-state index contributed by atoms with van der Waals surface area (Å²) in [7, 11) is 2.06. The van der Waals surface area contributed by atoms with Gasteiger partial charge in [0.25, 0.3) is 0 Å². The first-order valence-corrected chi connectivity index (χ1v) is 7.08. The molecule has 0 radical (unpaired) electrons. The molecule has 0 unspecified atom stereocenters. The number of aromatic nitrogens is 1. The quantitative estimate of drug-likeness (QED) is 0.899. The maximum Gasteiger partial charge on any atom is 0.135 e. The molecule has 1 aromatic carbocycles. The number of nitrogens with one attached hydrogen (secondary N) is 1. The molecule has 1 aromatic heterocycles. The van der Waals surface area contributed by atoms with Gasteiger partial charge in [-0.25, -0.2) is 4.98 Å². The van der Waals surface area contributed by atoms with Crippen LogP contribution in [0.1, 0.15) is 23.6 Å². The fourth-order valence-electron chi connectivity index (χ4n) is 2.30. The summed E-state index contributed by atoms with van der Waals surface area (Å²) in [5.41, 5.74) is 4.85. The monoisotopic (exact) mass is 269 g/mol. The predicted octanol–water partition coefficient (Wildman–Crippen LogP) is 3.58. The van der Waals surface area contributed by atoms with Gasteiger partial charge in [-0.3, -0.25) is 0 Å². The van der Waals surface area contributed by atoms with E-state index in [4.69, 9.17) is 0 Å². The van der Waals surface area contributed by atoms with Crippen molar-refractivity contribution < 1.29 is 0 Å². The van der Waals surface area contributed by atoms with Crippen molar-refractivity contribution in [2.45, 2.75) is 27.3 Å². The van der Waals surface area contributed by atoms with Crippen molar-refractivity contribution in [1.29, 1.82) is 0 Å². The molecule has 0 aliphatic rings. The largest absolute Gasteiger partial charge is 0.329 e. The summed E-state index contributed by atoms with van der Waals surface area (Å²) in [4.78, 5) is 6.76. The van der Waals surface area contributed by atoms with Crippen LogP contribution in [-0.4, -0.2) is 18.6 Å². The molecule has 0 atom stereocenters. The highest BCUT2D eigenvalue weighted by Gasteiger charge is 2.09. The molecule has 0 bridgehead atoms. The third kappa shape index (κ3) is 3.36. The summed E-state index contributed by atoms with van der Waals surface area (Å²) >= 11 is 0. The number of hydrogen-bond acceptors (Lipinski definition) is 3. The fraction of sp³-hybridized carbons (Fsp3) is 0.353. The third-order valence-electron chi connectivity index (χ3n) is 3.39. The summed E-state index contributed by atoms with van der Waals surface area (Å²) in [6.45, 7) is 8.18. The summed E-state index contributed by atoms with van der Waals surface area (Å²) in [5, 5.41) is 3.33. The molecule has 0 amide bonds. The highest BCUT2D eigenvalue weighted by atomic mass is 15.2. The molecule has 2 rings (SSSR count). The molecule has 0 aliphatic carbocycles. The van der Waals surface area contributed by atoms with E-state index in [1.807, 2.05) is 6.20 Å². The number of rotatable bonds is 5. The van der Waals surface area contributed by atoms with Crippen LogP contribution in [-0.2, 0) is 6.54 Å². The molecule has 0 saturated carbocycles. The van der Waals surface area contributed by atoms with Gasteiger partial charge >= 0.3 is 0 Å². The van der Waals surface area contributed by atoms with Crippen LogP contribution in [0.15, 0.2) is 36.5 Å². The van der Waals surface area contributed by atoms with Crippen molar-refractivity contribution in [3.8, 4) is 0 Å². The third-order valence-corrected chi connectivity index (χ3v) is 3.39. The number of nitrogens with zero attached hydrogens (tertiary/aromatic N) is 2. The first-order valence-electron chi connectivity index (χ1n) is 7.08. The minimum Gasteiger partial charge on any atom is -0.329 e. The minimum atomic E-state index is 0.874. The molecular formula is C17H23N3. The predicted molar refractivity (Wildman–Crippen MR) is 85.6 cm³/mol. The van der Waals surface area contributed by atoms with Gasteiger partial charge in [-0.2, -0.15) is 0 Å². The van der Waals surface area contributed by atoms with Crippen LogP contribution < -0.4 is 10.2 Å². The van der Waals surface area contributed by atoms with Crippen LogP contribution in [0.25, 0.3) is 0 Å². The number of pyridine rings is 1. The molecule has 0 aliphatic heterocycles. The van der Waals surface area contributed by atoms with Crippen molar-refractivity contribution in [3.63, 3.8) is 0 Å². The van der Waals surface area contributed by atoms with Gasteiger partial charge in [0.1, 0.15) is 5.82 Å². The van der Waals surface area contributed by atoms with Gasteiger partial charge in [0.2, 0.25) is 0 Å². The van der Waals surface area contributed by atoms with Crippen LogP contribution >= 0.6 is 0 Å². The SMILES string of the molecule is CCNCc1cnc(N(C)c2cccc(C)c2)c(C)c1. The molecule has 0 spiro atoms. The van der Waals surface area contributed by atoms with Gasteiger partial charge in [0.05, 0.1) is 0 Å². The van der Waals surface area contributed by atoms with Crippen LogP contribution in [0, 0.1) is 13.8 Å². The van der Waals surface area contributed by atoms with Crippen LogP contribution in [0.4, 0.5) is 11.5 Å². The summed E-state index contributed by atoms with van der Waals surface area (Å²) < 4.78 is 0. The van der Waals surface area contributed by atoms with Gasteiger partial charge in [0.15, 0.2) is 0 Å². The lowest BCUT2D eigenvalue weighted by atomic mass is 10.1. The van der Waals surface area contributed by atoms with Crippen molar-refractivity contribution in [2.75, 3.05) is 18.5 Å². The molecule has 0 saturated heterocycles. The maximum atomic E-state index is 4.62. The van der Waals surface area contributed by atoms with Crippen LogP contribution in [0.3, 0.4) is 0 Å². The van der Waals surface area contributed by atoms with E-state index in [0.717, 1.165) is 18.9 Å². The van der Waals surface area contributed by atoms with E-state index in [9.17, 15) is 0 Å². The Hall–Kier alpha value is -1.87. The Kier molecular flexibility index (Phi) is 4.74. The zero-order chi connectivity index (χ0) is 14.5. The zero-order valence-corrected chi connectivity index (χ0v) is 12.8. The second kappa shape index (κ2) is 6.53. The highest BCUT2D eigenvalue weighted by molar-refractivity contribution is 5.62. The van der Waals surface area contributed by atoms with Crippen molar-refractivity contribution in [3.05, 3.63) is 53.2 Å². The zero-order valence-electron chi connectivity index (χ0n) is 12.8. The Morgan fingerprint density at radius 1 is 1.20 bits per heavy atom. The molecule has 1 N–H and O–H groups in total. The lowest BCUT2D eigenvalue weighted by Gasteiger charge is -2.21. The normalized spacial score (nSPS) is 10.6. The van der Waals surface area contributed by atoms with E-state index in [1.54, 1.807) is 0 Å². The molecule has 2 aromatic rings. The highest BCUT2D eigenvalue weighted by Crippen LogP contribution is 2.25. The van der Waals surface area contributed by atoms with E-state index in [1.165, 1.54) is 22.4 Å². The molecule has 106 valence electrons. The minimum absolute atomic E-state index is 0.874. The number of aryl methyl sites for hydroxylation is 2. The number of anilines is 2. The second-order valence-electron chi connectivity index (χ2n) is 5.16. The Labute approximate surface area is 121 Å². The van der Waals surface area contributed by atoms with E-state index < -0.39 is 0 Å². The Morgan fingerprint density at radius 2 is 2.00 bits per heavy atom. The first kappa shape index (κ1) is 14.5. The smallest absolute Gasteiger partial charge is 0.135 e. The summed E-state index contributed by atoms with van der Waals surface area (Å²) in [6.07, 6.45) is 1.96. The van der Waals surface area contributed by atoms with E-state index in [2.05, 4.69) is 73.4 Å². The van der Waals surface area contributed by atoms with E-state index in [-0.39, 0.29) is 0 Å². The molecule has 1 heterocycles. The Morgan fingerprint density at radius 3 is 2.65 bits per heavy atom. The second-order valence-corrected chi connectivity index (χ2v) is 5.16. The maximum absolute atomic E-state index is 4.62. The van der Waals surface area contributed by atoms with Gasteiger partial charge in [0, 0.05) is 25.5 Å². The molecule has 20 heavy (non-hydrogen) atoms. The van der Waals surface area contributed by atoms with Crippen LogP contribution in [0.5, 0.6) is 0 Å². The lowest BCUT2D eigenvalue weighted by molar-refractivity contribution is 0.723. The topological polar surface area (TPSA) is 28.2 Å². The standard InChI is InChI=1S/C17H23N3/c1-5-18-11-15-10-14(3)17(19-12-15)20(4)16-8-6-7-13(2)9-16/h6-10,12,18H,5,11H2,1-4H3. The van der Waals surface area contributed by atoms with Gasteiger partial charge in [-0.15, -0.1) is 0 Å². The molecule has 3 nitrogen and oxygen atoms in total. The van der Waals surface area contributed by atoms with Crippen molar-refractivity contribution in [1.82, 2.24) is 10.3 Å². The van der Waals surface area contributed by atoms with Gasteiger partial charge < -0.3 is 10.2 Å². The van der Waals surface area contributed by atoms with Gasteiger partial charge in [-0.05, 0) is 55.3 Å². The first-order chi connectivity index (χ1) is 9.61. The Balaban J connectivity index is 2.24. The Bertz CT molecular complexity index is 578. The average molecular weight is 269 g/mol. The van der Waals surface area contributed by atoms with E-state index in [0.29, 0.717) is 0 Å². The number of benzene rings is 1. The van der Waals surface area contributed by atoms with Crippen molar-refractivity contribution in [2.24, 2.45) is 0 Å². The average Bonchev–Trinajstić information content (AvgIpc) is 2.44. The fourth-order valence-corrected chi connectivity index (χ4v) is 2.30. The molecule has 0 fully saturated rings. The van der Waals surface area contributed by atoms with Crippen LogP contribution in [0.2, 0.25) is 0 Å². The van der Waals surface area contributed by atoms with E-state index >= 15 is 0 Å². The van der Waals surface area contributed by atoms with Crippen molar-refractivity contribution >= 4 is 11.5 Å². The number of hydrogen-bond donors (Lipinski definition) is 1. The van der Waals surface area contributed by atoms with Gasteiger partial charge in [-0.1, -0.05) is 19.1 Å². The molecule has 3 heteroatoms. The summed E-state index contributed by atoms with van der Waals surface area (Å²) in [6, 6.07) is 10.7. The lowest BCUT2D eigenvalue weighted by Crippen LogP contribution is -2.15. The molecular weight excluding hydrogens is 246 g/mol. The summed E-state index contributed by atoms with van der Waals surface area (Å²) in [5.74, 6) is 1.01.